The van der Waals surface area contributed by atoms with Gasteiger partial charge >= 0.3 is 0 Å². The number of rotatable bonds is 5. The van der Waals surface area contributed by atoms with Gasteiger partial charge in [0.1, 0.15) is 38.0 Å². The molecule has 2 rings (SSSR count). The maximum absolute atomic E-state index is 9.23. The third-order valence-corrected chi connectivity index (χ3v) is 4.66. The van der Waals surface area contributed by atoms with Gasteiger partial charge in [-0.05, 0) is 37.1 Å². The standard InChI is InChI=1S/C16H26N2O2/c1-12-13(2)16(20-3)5-4-14(12)11-18-8-7-17-10-15(18)6-9-19/h4-5,15,17,19H,6-11H2,1-3H3/p+2/t15-/m1/s1. The minimum atomic E-state index is 0.294. The molecule has 1 fully saturated rings. The molecule has 0 amide bonds. The Morgan fingerprint density at radius 1 is 1.35 bits per heavy atom. The van der Waals surface area contributed by atoms with Crippen molar-refractivity contribution < 1.29 is 20.1 Å². The molecule has 0 saturated carbocycles. The molecular formula is C16H28N2O2+2. The first kappa shape index (κ1) is 15.3. The molecule has 1 aromatic rings. The van der Waals surface area contributed by atoms with E-state index in [1.54, 1.807) is 12.0 Å². The smallest absolute Gasteiger partial charge is 0.140 e. The van der Waals surface area contributed by atoms with Gasteiger partial charge in [-0.15, -0.1) is 0 Å². The monoisotopic (exact) mass is 280 g/mol. The number of aliphatic hydroxyl groups excluding tert-OH is 1. The summed E-state index contributed by atoms with van der Waals surface area (Å²) < 4.78 is 5.39. The summed E-state index contributed by atoms with van der Waals surface area (Å²) >= 11 is 0. The highest BCUT2D eigenvalue weighted by atomic mass is 16.5. The zero-order valence-corrected chi connectivity index (χ0v) is 12.9. The summed E-state index contributed by atoms with van der Waals surface area (Å²) in [6.45, 7) is 9.15. The van der Waals surface area contributed by atoms with Crippen LogP contribution in [0.1, 0.15) is 23.1 Å². The molecule has 1 unspecified atom stereocenters. The lowest BCUT2D eigenvalue weighted by atomic mass is 10.0. The molecule has 0 radical (unpaired) electrons. The Kier molecular flexibility index (Phi) is 5.40. The minimum absolute atomic E-state index is 0.294. The zero-order valence-electron chi connectivity index (χ0n) is 12.9. The van der Waals surface area contributed by atoms with E-state index in [0.717, 1.165) is 25.3 Å². The van der Waals surface area contributed by atoms with E-state index in [-0.39, 0.29) is 0 Å². The largest absolute Gasteiger partial charge is 0.496 e. The molecule has 1 aliphatic heterocycles. The van der Waals surface area contributed by atoms with Crippen molar-refractivity contribution in [2.75, 3.05) is 33.4 Å². The van der Waals surface area contributed by atoms with Gasteiger partial charge in [-0.3, -0.25) is 0 Å². The Balaban J connectivity index is 2.14. The van der Waals surface area contributed by atoms with Gasteiger partial charge in [-0.2, -0.15) is 0 Å². The fraction of sp³-hybridized carbons (Fsp3) is 0.625. The SMILES string of the molecule is COc1ccc(C[NH+]2CC[NH2+]C[C@H]2CCO)c(C)c1C. The molecule has 0 aliphatic carbocycles. The minimum Gasteiger partial charge on any atom is -0.496 e. The van der Waals surface area contributed by atoms with Crippen LogP contribution in [-0.2, 0) is 6.54 Å². The molecule has 20 heavy (non-hydrogen) atoms. The first-order chi connectivity index (χ1) is 9.67. The molecule has 0 aromatic heterocycles. The first-order valence-corrected chi connectivity index (χ1v) is 7.57. The molecule has 0 bridgehead atoms. The van der Waals surface area contributed by atoms with Crippen molar-refractivity contribution in [3.05, 3.63) is 28.8 Å². The highest BCUT2D eigenvalue weighted by Crippen LogP contribution is 2.23. The molecule has 2 atom stereocenters. The Labute approximate surface area is 121 Å². The summed E-state index contributed by atoms with van der Waals surface area (Å²) in [6.07, 6.45) is 0.903. The van der Waals surface area contributed by atoms with Crippen LogP contribution in [0, 0.1) is 13.8 Å². The Morgan fingerprint density at radius 3 is 2.85 bits per heavy atom. The van der Waals surface area contributed by atoms with Gasteiger partial charge in [0.15, 0.2) is 0 Å². The Bertz CT molecular complexity index is 446. The number of piperazine rings is 1. The molecule has 1 heterocycles. The van der Waals surface area contributed by atoms with Crippen molar-refractivity contribution in [1.82, 2.24) is 0 Å². The van der Waals surface area contributed by atoms with E-state index in [2.05, 4.69) is 31.3 Å². The van der Waals surface area contributed by atoms with Crippen LogP contribution >= 0.6 is 0 Å². The van der Waals surface area contributed by atoms with Gasteiger partial charge in [0.25, 0.3) is 0 Å². The number of aliphatic hydroxyl groups is 1. The van der Waals surface area contributed by atoms with Crippen LogP contribution in [0.2, 0.25) is 0 Å². The van der Waals surface area contributed by atoms with Crippen molar-refractivity contribution in [3.8, 4) is 5.75 Å². The van der Waals surface area contributed by atoms with Gasteiger partial charge in [-0.25, -0.2) is 0 Å². The number of ether oxygens (including phenoxy) is 1. The number of quaternary nitrogens is 2. The van der Waals surface area contributed by atoms with E-state index in [0.29, 0.717) is 12.6 Å². The predicted octanol–water partition coefficient (Wildman–Crippen LogP) is -0.975. The summed E-state index contributed by atoms with van der Waals surface area (Å²) in [7, 11) is 1.73. The second kappa shape index (κ2) is 7.07. The second-order valence-corrected chi connectivity index (χ2v) is 5.78. The lowest BCUT2D eigenvalue weighted by Crippen LogP contribution is -3.23. The molecule has 4 heteroatoms. The lowest BCUT2D eigenvalue weighted by Gasteiger charge is -2.31. The van der Waals surface area contributed by atoms with E-state index >= 15 is 0 Å². The van der Waals surface area contributed by atoms with Crippen LogP contribution in [0.3, 0.4) is 0 Å². The van der Waals surface area contributed by atoms with Crippen LogP contribution in [-0.4, -0.2) is 44.5 Å². The third-order valence-electron chi connectivity index (χ3n) is 4.66. The maximum Gasteiger partial charge on any atom is 0.140 e. The van der Waals surface area contributed by atoms with Gasteiger partial charge < -0.3 is 20.1 Å². The van der Waals surface area contributed by atoms with E-state index in [4.69, 9.17) is 4.74 Å². The van der Waals surface area contributed by atoms with Crippen molar-refractivity contribution in [1.29, 1.82) is 0 Å². The van der Waals surface area contributed by atoms with Crippen LogP contribution in [0.15, 0.2) is 12.1 Å². The predicted molar refractivity (Wildman–Crippen MR) is 79.2 cm³/mol. The molecule has 112 valence electrons. The van der Waals surface area contributed by atoms with Crippen LogP contribution in [0.4, 0.5) is 0 Å². The van der Waals surface area contributed by atoms with E-state index in [1.807, 2.05) is 0 Å². The number of nitrogens with one attached hydrogen (secondary N) is 1. The zero-order chi connectivity index (χ0) is 14.5. The number of methoxy groups -OCH3 is 1. The van der Waals surface area contributed by atoms with Crippen LogP contribution in [0.25, 0.3) is 0 Å². The van der Waals surface area contributed by atoms with E-state index in [1.165, 1.54) is 29.8 Å². The Morgan fingerprint density at radius 2 is 2.15 bits per heavy atom. The van der Waals surface area contributed by atoms with Crippen molar-refractivity contribution in [2.24, 2.45) is 0 Å². The quantitative estimate of drug-likeness (QED) is 0.650. The lowest BCUT2D eigenvalue weighted by molar-refractivity contribution is -0.982. The summed E-state index contributed by atoms with van der Waals surface area (Å²) in [5.41, 5.74) is 3.99. The Hall–Kier alpha value is -1.10. The average Bonchev–Trinajstić information content (AvgIpc) is 2.46. The molecule has 4 nitrogen and oxygen atoms in total. The molecule has 4 N–H and O–H groups in total. The molecule has 1 aliphatic rings. The normalized spacial score (nSPS) is 22.8. The van der Waals surface area contributed by atoms with Crippen molar-refractivity contribution >= 4 is 0 Å². The van der Waals surface area contributed by atoms with Crippen molar-refractivity contribution in [2.45, 2.75) is 32.9 Å². The van der Waals surface area contributed by atoms with E-state index in [9.17, 15) is 5.11 Å². The molecule has 0 spiro atoms. The highest BCUT2D eigenvalue weighted by molar-refractivity contribution is 5.43. The fourth-order valence-corrected chi connectivity index (χ4v) is 3.20. The molecule has 1 saturated heterocycles. The summed E-state index contributed by atoms with van der Waals surface area (Å²) in [5.74, 6) is 0.972. The number of hydrogen-bond donors (Lipinski definition) is 3. The maximum atomic E-state index is 9.23. The summed E-state index contributed by atoms with van der Waals surface area (Å²) in [4.78, 5) is 1.61. The van der Waals surface area contributed by atoms with Gasteiger partial charge in [0.05, 0.1) is 7.11 Å². The van der Waals surface area contributed by atoms with Gasteiger partial charge in [-0.1, -0.05) is 0 Å². The van der Waals surface area contributed by atoms with E-state index < -0.39 is 0 Å². The highest BCUT2D eigenvalue weighted by Gasteiger charge is 2.28. The fourth-order valence-electron chi connectivity index (χ4n) is 3.20. The molecule has 1 aromatic carbocycles. The topological polar surface area (TPSA) is 50.5 Å². The summed E-state index contributed by atoms with van der Waals surface area (Å²) in [6, 6.07) is 4.84. The first-order valence-electron chi connectivity index (χ1n) is 7.57. The average molecular weight is 280 g/mol. The third kappa shape index (κ3) is 3.32. The number of hydrogen-bond acceptors (Lipinski definition) is 2. The number of benzene rings is 1. The number of nitrogens with two attached hydrogens (primary N) is 1. The molecular weight excluding hydrogens is 252 g/mol. The summed E-state index contributed by atoms with van der Waals surface area (Å²) in [5, 5.41) is 11.6. The van der Waals surface area contributed by atoms with Gasteiger partial charge in [0, 0.05) is 18.6 Å². The van der Waals surface area contributed by atoms with Crippen molar-refractivity contribution in [3.63, 3.8) is 0 Å². The second-order valence-electron chi connectivity index (χ2n) is 5.78. The van der Waals surface area contributed by atoms with Crippen LogP contribution in [0.5, 0.6) is 5.75 Å². The van der Waals surface area contributed by atoms with Gasteiger partial charge in [0.2, 0.25) is 0 Å². The van der Waals surface area contributed by atoms with Crippen LogP contribution < -0.4 is 15.0 Å².